The van der Waals surface area contributed by atoms with Crippen molar-refractivity contribution in [3.05, 3.63) is 59.2 Å². The van der Waals surface area contributed by atoms with E-state index in [4.69, 9.17) is 9.47 Å². The quantitative estimate of drug-likeness (QED) is 0.651. The van der Waals surface area contributed by atoms with Crippen molar-refractivity contribution < 1.29 is 14.3 Å². The highest BCUT2D eigenvalue weighted by molar-refractivity contribution is 5.69. The number of esters is 1. The SMILES string of the molecule is COc1ccc(CNC(C)c2cccc(OC(C)=O)c2)cc1C. The van der Waals surface area contributed by atoms with Crippen LogP contribution in [0.3, 0.4) is 0 Å². The van der Waals surface area contributed by atoms with Crippen LogP contribution < -0.4 is 14.8 Å². The second kappa shape index (κ2) is 7.79. The van der Waals surface area contributed by atoms with Gasteiger partial charge in [0.25, 0.3) is 0 Å². The number of nitrogens with one attached hydrogen (secondary N) is 1. The van der Waals surface area contributed by atoms with Crippen molar-refractivity contribution in [3.63, 3.8) is 0 Å². The van der Waals surface area contributed by atoms with Gasteiger partial charge in [-0.3, -0.25) is 4.79 Å². The van der Waals surface area contributed by atoms with Crippen LogP contribution in [0.25, 0.3) is 0 Å². The van der Waals surface area contributed by atoms with E-state index in [2.05, 4.69) is 24.4 Å². The van der Waals surface area contributed by atoms with Crippen LogP contribution in [0, 0.1) is 6.92 Å². The zero-order valence-corrected chi connectivity index (χ0v) is 14.1. The van der Waals surface area contributed by atoms with Crippen LogP contribution in [-0.4, -0.2) is 13.1 Å². The van der Waals surface area contributed by atoms with Gasteiger partial charge in [-0.05, 0) is 48.7 Å². The molecule has 2 aromatic rings. The van der Waals surface area contributed by atoms with Gasteiger partial charge in [-0.1, -0.05) is 24.3 Å². The fourth-order valence-electron chi connectivity index (χ4n) is 2.45. The van der Waals surface area contributed by atoms with E-state index in [1.54, 1.807) is 13.2 Å². The van der Waals surface area contributed by atoms with Crippen molar-refractivity contribution in [3.8, 4) is 11.5 Å². The molecule has 0 aromatic heterocycles. The Labute approximate surface area is 137 Å². The first-order chi connectivity index (χ1) is 11.0. The summed E-state index contributed by atoms with van der Waals surface area (Å²) in [6.07, 6.45) is 0. The van der Waals surface area contributed by atoms with Crippen LogP contribution in [0.5, 0.6) is 11.5 Å². The molecule has 0 aliphatic carbocycles. The fourth-order valence-corrected chi connectivity index (χ4v) is 2.45. The Kier molecular flexibility index (Phi) is 5.77. The van der Waals surface area contributed by atoms with Gasteiger partial charge < -0.3 is 14.8 Å². The lowest BCUT2D eigenvalue weighted by molar-refractivity contribution is -0.131. The molecule has 0 spiro atoms. The molecule has 0 bridgehead atoms. The Morgan fingerprint density at radius 2 is 2.00 bits per heavy atom. The molecular weight excluding hydrogens is 290 g/mol. The third kappa shape index (κ3) is 4.83. The fraction of sp³-hybridized carbons (Fsp3) is 0.316. The monoisotopic (exact) mass is 313 g/mol. The average molecular weight is 313 g/mol. The first-order valence-electron chi connectivity index (χ1n) is 7.65. The van der Waals surface area contributed by atoms with Crippen molar-refractivity contribution in [1.82, 2.24) is 5.32 Å². The minimum absolute atomic E-state index is 0.146. The lowest BCUT2D eigenvalue weighted by Gasteiger charge is -2.16. The molecule has 0 radical (unpaired) electrons. The number of methoxy groups -OCH3 is 1. The first kappa shape index (κ1) is 17.0. The number of aryl methyl sites for hydroxylation is 1. The topological polar surface area (TPSA) is 47.6 Å². The lowest BCUT2D eigenvalue weighted by atomic mass is 10.1. The van der Waals surface area contributed by atoms with Gasteiger partial charge in [-0.2, -0.15) is 0 Å². The van der Waals surface area contributed by atoms with Gasteiger partial charge in [0.2, 0.25) is 0 Å². The Hall–Kier alpha value is -2.33. The summed E-state index contributed by atoms with van der Waals surface area (Å²) in [5.41, 5.74) is 3.40. The van der Waals surface area contributed by atoms with Gasteiger partial charge >= 0.3 is 5.97 Å². The van der Waals surface area contributed by atoms with E-state index < -0.39 is 0 Å². The largest absolute Gasteiger partial charge is 0.496 e. The van der Waals surface area contributed by atoms with Crippen LogP contribution in [0.2, 0.25) is 0 Å². The van der Waals surface area contributed by atoms with E-state index in [-0.39, 0.29) is 12.0 Å². The third-order valence-electron chi connectivity index (χ3n) is 3.69. The van der Waals surface area contributed by atoms with E-state index in [1.165, 1.54) is 12.5 Å². The summed E-state index contributed by atoms with van der Waals surface area (Å²) in [6.45, 7) is 6.28. The van der Waals surface area contributed by atoms with E-state index in [9.17, 15) is 4.79 Å². The number of carbonyl (C=O) groups excluding carboxylic acids is 1. The Bertz CT molecular complexity index is 682. The van der Waals surface area contributed by atoms with Crippen molar-refractivity contribution in [2.45, 2.75) is 33.4 Å². The summed E-state index contributed by atoms with van der Waals surface area (Å²) >= 11 is 0. The summed E-state index contributed by atoms with van der Waals surface area (Å²) in [6, 6.07) is 13.9. The maximum atomic E-state index is 11.0. The number of rotatable bonds is 6. The molecule has 1 atom stereocenters. The molecule has 0 fully saturated rings. The molecule has 2 rings (SSSR count). The Morgan fingerprint density at radius 1 is 1.22 bits per heavy atom. The number of carbonyl (C=O) groups is 1. The molecule has 2 aromatic carbocycles. The summed E-state index contributed by atoms with van der Waals surface area (Å²) in [4.78, 5) is 11.0. The van der Waals surface area contributed by atoms with Gasteiger partial charge in [0.15, 0.2) is 0 Å². The van der Waals surface area contributed by atoms with E-state index in [0.717, 1.165) is 23.4 Å². The molecule has 4 nitrogen and oxygen atoms in total. The van der Waals surface area contributed by atoms with E-state index >= 15 is 0 Å². The molecular formula is C19H23NO3. The van der Waals surface area contributed by atoms with Crippen molar-refractivity contribution in [2.24, 2.45) is 0 Å². The lowest BCUT2D eigenvalue weighted by Crippen LogP contribution is -2.18. The molecule has 122 valence electrons. The minimum atomic E-state index is -0.309. The van der Waals surface area contributed by atoms with Gasteiger partial charge in [0.05, 0.1) is 7.11 Å². The van der Waals surface area contributed by atoms with Crippen LogP contribution in [-0.2, 0) is 11.3 Å². The molecule has 4 heteroatoms. The normalized spacial score (nSPS) is 11.8. The van der Waals surface area contributed by atoms with Crippen molar-refractivity contribution in [1.29, 1.82) is 0 Å². The van der Waals surface area contributed by atoms with Crippen LogP contribution in [0.1, 0.15) is 36.6 Å². The molecule has 0 heterocycles. The molecule has 0 saturated heterocycles. The second-order valence-corrected chi connectivity index (χ2v) is 5.57. The van der Waals surface area contributed by atoms with Crippen LogP contribution in [0.15, 0.2) is 42.5 Å². The highest BCUT2D eigenvalue weighted by Gasteiger charge is 2.08. The van der Waals surface area contributed by atoms with E-state index in [0.29, 0.717) is 5.75 Å². The van der Waals surface area contributed by atoms with Crippen LogP contribution in [0.4, 0.5) is 0 Å². The number of benzene rings is 2. The summed E-state index contributed by atoms with van der Waals surface area (Å²) in [5, 5.41) is 3.48. The van der Waals surface area contributed by atoms with Gasteiger partial charge in [-0.25, -0.2) is 0 Å². The molecule has 0 aliphatic heterocycles. The standard InChI is InChI=1S/C19H23NO3/c1-13-10-16(8-9-19(13)22-4)12-20-14(2)17-6-5-7-18(11-17)23-15(3)21/h5-11,14,20H,12H2,1-4H3. The zero-order chi connectivity index (χ0) is 16.8. The smallest absolute Gasteiger partial charge is 0.308 e. The number of hydrogen-bond acceptors (Lipinski definition) is 4. The minimum Gasteiger partial charge on any atom is -0.496 e. The molecule has 1 unspecified atom stereocenters. The van der Waals surface area contributed by atoms with Crippen molar-refractivity contribution >= 4 is 5.97 Å². The first-order valence-corrected chi connectivity index (χ1v) is 7.65. The van der Waals surface area contributed by atoms with Gasteiger partial charge in [0.1, 0.15) is 11.5 Å². The maximum absolute atomic E-state index is 11.0. The highest BCUT2D eigenvalue weighted by atomic mass is 16.5. The molecule has 0 saturated carbocycles. The van der Waals surface area contributed by atoms with E-state index in [1.807, 2.05) is 31.2 Å². The third-order valence-corrected chi connectivity index (χ3v) is 3.69. The highest BCUT2D eigenvalue weighted by Crippen LogP contribution is 2.21. The second-order valence-electron chi connectivity index (χ2n) is 5.57. The average Bonchev–Trinajstić information content (AvgIpc) is 2.52. The predicted octanol–water partition coefficient (Wildman–Crippen LogP) is 3.78. The molecule has 23 heavy (non-hydrogen) atoms. The Balaban J connectivity index is 2.00. The Morgan fingerprint density at radius 3 is 2.65 bits per heavy atom. The molecule has 0 aliphatic rings. The summed E-state index contributed by atoms with van der Waals surface area (Å²) in [7, 11) is 1.68. The summed E-state index contributed by atoms with van der Waals surface area (Å²) in [5.74, 6) is 1.16. The van der Waals surface area contributed by atoms with Crippen LogP contribution >= 0.6 is 0 Å². The maximum Gasteiger partial charge on any atom is 0.308 e. The van der Waals surface area contributed by atoms with Gasteiger partial charge in [0, 0.05) is 19.5 Å². The zero-order valence-electron chi connectivity index (χ0n) is 14.1. The number of ether oxygens (including phenoxy) is 2. The van der Waals surface area contributed by atoms with Crippen molar-refractivity contribution in [2.75, 3.05) is 7.11 Å². The molecule has 1 N–H and O–H groups in total. The molecule has 0 amide bonds. The number of hydrogen-bond donors (Lipinski definition) is 1. The summed E-state index contributed by atoms with van der Waals surface area (Å²) < 4.78 is 10.4. The van der Waals surface area contributed by atoms with Gasteiger partial charge in [-0.15, -0.1) is 0 Å². The predicted molar refractivity (Wildman–Crippen MR) is 90.7 cm³/mol.